The number of carbonyl (C=O) groups excluding carboxylic acids is 1. The van der Waals surface area contributed by atoms with E-state index in [1.165, 1.54) is 57.8 Å². The monoisotopic (exact) mass is 326 g/mol. The average Bonchev–Trinajstić information content (AvgIpc) is 3.40. The molecule has 3 saturated carbocycles. The molecule has 1 aliphatic heterocycles. The summed E-state index contributed by atoms with van der Waals surface area (Å²) in [7, 11) is 0. The topological polar surface area (TPSA) is 32.3 Å². The molecule has 3 nitrogen and oxygen atoms in total. The summed E-state index contributed by atoms with van der Waals surface area (Å²) in [4.78, 5) is 15.5. The second kappa shape index (κ2) is 6.32. The molecule has 0 aromatic heterocycles. The van der Waals surface area contributed by atoms with Crippen LogP contribution in [0.3, 0.4) is 0 Å². The summed E-state index contributed by atoms with van der Waals surface area (Å²) in [5.41, 5.74) is 0.400. The number of carbonyl (C=O) groups is 1. The van der Waals surface area contributed by atoms with Crippen LogP contribution in [0.15, 0.2) is 0 Å². The lowest BCUT2D eigenvalue weighted by Gasteiger charge is -2.37. The number of piperidine rings is 1. The molecule has 1 N–H and O–H groups in total. The van der Waals surface area contributed by atoms with Gasteiger partial charge in [0, 0.05) is 18.0 Å². The summed E-state index contributed by atoms with van der Waals surface area (Å²) in [5, 5.41) is 3.45. The Morgan fingerprint density at radius 2 is 1.55 bits per heavy atom. The number of halogens is 1. The minimum atomic E-state index is 0. The average molecular weight is 327 g/mol. The third-order valence-electron chi connectivity index (χ3n) is 6.66. The summed E-state index contributed by atoms with van der Waals surface area (Å²) in [6, 6.07) is 1.18. The molecule has 4 heteroatoms. The molecule has 1 spiro atoms. The van der Waals surface area contributed by atoms with Crippen LogP contribution >= 0.6 is 12.4 Å². The van der Waals surface area contributed by atoms with E-state index >= 15 is 0 Å². The highest BCUT2D eigenvalue weighted by Crippen LogP contribution is 2.60. The number of nitrogens with one attached hydrogen (secondary N) is 1. The molecule has 1 saturated heterocycles. The van der Waals surface area contributed by atoms with Crippen LogP contribution in [0, 0.1) is 17.3 Å². The van der Waals surface area contributed by atoms with E-state index in [9.17, 15) is 4.79 Å². The van der Waals surface area contributed by atoms with Crippen molar-refractivity contribution in [3.8, 4) is 0 Å². The third-order valence-corrected chi connectivity index (χ3v) is 6.66. The Bertz CT molecular complexity index is 409. The van der Waals surface area contributed by atoms with Crippen LogP contribution in [0.25, 0.3) is 0 Å². The quantitative estimate of drug-likeness (QED) is 0.862. The fraction of sp³-hybridized carbons (Fsp3) is 0.944. The van der Waals surface area contributed by atoms with Crippen LogP contribution in [-0.4, -0.2) is 36.0 Å². The maximum Gasteiger partial charge on any atom is 0.226 e. The van der Waals surface area contributed by atoms with Crippen molar-refractivity contribution in [2.45, 2.75) is 76.8 Å². The van der Waals surface area contributed by atoms with Crippen molar-refractivity contribution in [2.24, 2.45) is 17.3 Å². The van der Waals surface area contributed by atoms with Gasteiger partial charge in [-0.25, -0.2) is 0 Å². The van der Waals surface area contributed by atoms with Gasteiger partial charge in [-0.2, -0.15) is 0 Å². The van der Waals surface area contributed by atoms with Gasteiger partial charge in [0.1, 0.15) is 0 Å². The van der Waals surface area contributed by atoms with Gasteiger partial charge in [0.2, 0.25) is 5.91 Å². The zero-order valence-corrected chi connectivity index (χ0v) is 14.7. The van der Waals surface area contributed by atoms with Gasteiger partial charge in [-0.3, -0.25) is 4.79 Å². The molecule has 0 bridgehead atoms. The van der Waals surface area contributed by atoms with Crippen molar-refractivity contribution >= 4 is 18.3 Å². The molecule has 0 radical (unpaired) electrons. The summed E-state index contributed by atoms with van der Waals surface area (Å²) < 4.78 is 0. The molecule has 0 aromatic carbocycles. The Morgan fingerprint density at radius 3 is 2.09 bits per heavy atom. The third kappa shape index (κ3) is 3.03. The second-order valence-electron chi connectivity index (χ2n) is 8.26. The van der Waals surface area contributed by atoms with Crippen LogP contribution < -0.4 is 5.32 Å². The number of rotatable bonds is 3. The normalized spacial score (nSPS) is 36.5. The molecule has 4 rings (SSSR count). The molecule has 22 heavy (non-hydrogen) atoms. The first-order valence-electron chi connectivity index (χ1n) is 9.22. The Kier molecular flexibility index (Phi) is 4.76. The van der Waals surface area contributed by atoms with Gasteiger partial charge < -0.3 is 10.2 Å². The molecule has 4 fully saturated rings. The van der Waals surface area contributed by atoms with E-state index in [1.807, 2.05) is 0 Å². The minimum Gasteiger partial charge on any atom is -0.336 e. The van der Waals surface area contributed by atoms with E-state index in [4.69, 9.17) is 0 Å². The first-order chi connectivity index (χ1) is 10.2. The molecule has 0 aromatic rings. The van der Waals surface area contributed by atoms with Gasteiger partial charge in [0.25, 0.3) is 0 Å². The number of nitrogens with zero attached hydrogens (tertiary/aromatic N) is 1. The van der Waals surface area contributed by atoms with E-state index in [1.54, 1.807) is 0 Å². The van der Waals surface area contributed by atoms with Crippen molar-refractivity contribution in [1.82, 2.24) is 10.2 Å². The van der Waals surface area contributed by atoms with Crippen molar-refractivity contribution in [3.05, 3.63) is 0 Å². The van der Waals surface area contributed by atoms with Crippen LogP contribution in [0.5, 0.6) is 0 Å². The van der Waals surface area contributed by atoms with Crippen LogP contribution in [0.2, 0.25) is 0 Å². The lowest BCUT2D eigenvalue weighted by molar-refractivity contribution is -0.137. The minimum absolute atomic E-state index is 0. The molecule has 1 atom stereocenters. The van der Waals surface area contributed by atoms with E-state index in [-0.39, 0.29) is 12.4 Å². The summed E-state index contributed by atoms with van der Waals surface area (Å²) >= 11 is 0. The lowest BCUT2D eigenvalue weighted by Crippen LogP contribution is -2.45. The molecule has 4 aliphatic rings. The first kappa shape index (κ1) is 16.6. The van der Waals surface area contributed by atoms with Gasteiger partial charge in [-0.05, 0) is 82.2 Å². The van der Waals surface area contributed by atoms with E-state index < -0.39 is 0 Å². The summed E-state index contributed by atoms with van der Waals surface area (Å²) in [6.45, 7) is 4.60. The van der Waals surface area contributed by atoms with Gasteiger partial charge in [-0.15, -0.1) is 12.4 Å². The predicted molar refractivity (Wildman–Crippen MR) is 91.2 cm³/mol. The molecule has 3 aliphatic carbocycles. The zero-order valence-electron chi connectivity index (χ0n) is 13.9. The van der Waals surface area contributed by atoms with Crippen molar-refractivity contribution in [2.75, 3.05) is 13.1 Å². The van der Waals surface area contributed by atoms with Crippen molar-refractivity contribution in [1.29, 1.82) is 0 Å². The largest absolute Gasteiger partial charge is 0.336 e. The molecule has 126 valence electrons. The SMILES string of the molecule is CC1CCC(N(C(=O)C2CC23CCNCC3)C2CC2)CC1.Cl. The maximum absolute atomic E-state index is 13.1. The number of hydrogen-bond acceptors (Lipinski definition) is 2. The van der Waals surface area contributed by atoms with Crippen LogP contribution in [0.1, 0.15) is 64.7 Å². The van der Waals surface area contributed by atoms with E-state index in [2.05, 4.69) is 17.1 Å². The summed E-state index contributed by atoms with van der Waals surface area (Å²) in [5.74, 6) is 1.78. The second-order valence-corrected chi connectivity index (χ2v) is 8.26. The fourth-order valence-electron chi connectivity index (χ4n) is 4.89. The Balaban J connectivity index is 0.00000144. The first-order valence-corrected chi connectivity index (χ1v) is 9.22. The van der Waals surface area contributed by atoms with Crippen LogP contribution in [0.4, 0.5) is 0 Å². The molecular weight excluding hydrogens is 296 g/mol. The standard InChI is InChI=1S/C18H30N2O.ClH/c1-13-2-4-14(5-3-13)20(15-6-7-15)17(21)16-12-18(16)8-10-19-11-9-18;/h13-16,19H,2-12H2,1H3;1H. The molecule has 1 unspecified atom stereocenters. The molecule has 1 amide bonds. The zero-order chi connectivity index (χ0) is 14.4. The Morgan fingerprint density at radius 1 is 1.00 bits per heavy atom. The molecule has 1 heterocycles. The highest BCUT2D eigenvalue weighted by molar-refractivity contribution is 5.85. The Labute approximate surface area is 141 Å². The van der Waals surface area contributed by atoms with Gasteiger partial charge in [0.15, 0.2) is 0 Å². The fourth-order valence-corrected chi connectivity index (χ4v) is 4.89. The summed E-state index contributed by atoms with van der Waals surface area (Å²) in [6.07, 6.45) is 11.3. The van der Waals surface area contributed by atoms with Crippen LogP contribution in [-0.2, 0) is 4.79 Å². The van der Waals surface area contributed by atoms with E-state index in [0.717, 1.165) is 19.0 Å². The highest BCUT2D eigenvalue weighted by Gasteiger charge is 2.60. The van der Waals surface area contributed by atoms with E-state index in [0.29, 0.717) is 29.3 Å². The lowest BCUT2D eigenvalue weighted by atomic mass is 9.86. The molecular formula is C18H31ClN2O. The maximum atomic E-state index is 13.1. The highest BCUT2D eigenvalue weighted by atomic mass is 35.5. The predicted octanol–water partition coefficient (Wildman–Crippen LogP) is 3.37. The van der Waals surface area contributed by atoms with Gasteiger partial charge in [0.05, 0.1) is 0 Å². The van der Waals surface area contributed by atoms with Gasteiger partial charge >= 0.3 is 0 Å². The smallest absolute Gasteiger partial charge is 0.226 e. The van der Waals surface area contributed by atoms with Crippen molar-refractivity contribution < 1.29 is 4.79 Å². The van der Waals surface area contributed by atoms with Gasteiger partial charge in [-0.1, -0.05) is 6.92 Å². The number of hydrogen-bond donors (Lipinski definition) is 1. The number of amides is 1. The van der Waals surface area contributed by atoms with Crippen molar-refractivity contribution in [3.63, 3.8) is 0 Å². The Hall–Kier alpha value is -0.280.